The smallest absolute Gasteiger partial charge is 0.228 e. The number of halogens is 1. The zero-order valence-corrected chi connectivity index (χ0v) is 11.9. The van der Waals surface area contributed by atoms with E-state index in [9.17, 15) is 9.18 Å². The highest BCUT2D eigenvalue weighted by Gasteiger charge is 2.19. The highest BCUT2D eigenvalue weighted by molar-refractivity contribution is 5.93. The second-order valence-electron chi connectivity index (χ2n) is 5.67. The Bertz CT molecular complexity index is 650. The van der Waals surface area contributed by atoms with E-state index in [0.29, 0.717) is 16.6 Å². The average molecular weight is 263 g/mol. The van der Waals surface area contributed by atoms with Crippen LogP contribution in [0.25, 0.3) is 10.9 Å². The van der Waals surface area contributed by atoms with Gasteiger partial charge in [-0.2, -0.15) is 0 Å². The van der Waals surface area contributed by atoms with Crippen molar-refractivity contribution in [3.63, 3.8) is 0 Å². The predicted octanol–water partition coefficient (Wildman–Crippen LogP) is 3.93. The number of hydrogen-bond donors (Lipinski definition) is 0. The molecule has 0 fully saturated rings. The molecule has 2 aromatic rings. The molecule has 0 saturated carbocycles. The van der Waals surface area contributed by atoms with Crippen LogP contribution in [-0.2, 0) is 0 Å². The molecule has 0 aliphatic rings. The lowest BCUT2D eigenvalue weighted by Gasteiger charge is -2.21. The highest BCUT2D eigenvalue weighted by Crippen LogP contribution is 2.30. The van der Waals surface area contributed by atoms with E-state index in [1.165, 1.54) is 11.5 Å². The van der Waals surface area contributed by atoms with E-state index >= 15 is 0 Å². The first kappa shape index (κ1) is 13.6. The summed E-state index contributed by atoms with van der Waals surface area (Å²) in [7, 11) is 0. The van der Waals surface area contributed by atoms with Gasteiger partial charge in [0.1, 0.15) is 5.60 Å². The van der Waals surface area contributed by atoms with Crippen LogP contribution in [0, 0.1) is 12.7 Å². The number of hydrogen-bond acceptors (Lipinski definition) is 2. The lowest BCUT2D eigenvalue weighted by molar-refractivity contribution is 0.0939. The molecule has 4 heteroatoms. The Hall–Kier alpha value is -1.84. The second kappa shape index (κ2) is 4.37. The van der Waals surface area contributed by atoms with Crippen LogP contribution in [0.2, 0.25) is 0 Å². The fraction of sp³-hybridized carbons (Fsp3) is 0.400. The normalized spacial score (nSPS) is 11.9. The van der Waals surface area contributed by atoms with Crippen LogP contribution >= 0.6 is 0 Å². The van der Waals surface area contributed by atoms with E-state index in [4.69, 9.17) is 4.74 Å². The molecule has 0 aliphatic carbocycles. The van der Waals surface area contributed by atoms with E-state index in [0.717, 1.165) is 0 Å². The standard InChI is InChI=1S/C15H18FNO2/c1-9-8-11-12(17(9)10(2)18)6-7-13(14(11)16)19-15(3,4)5/h6-8H,1-5H3. The van der Waals surface area contributed by atoms with Gasteiger partial charge in [-0.1, -0.05) is 0 Å². The van der Waals surface area contributed by atoms with E-state index in [2.05, 4.69) is 0 Å². The predicted molar refractivity (Wildman–Crippen MR) is 73.3 cm³/mol. The van der Waals surface area contributed by atoms with Crippen LogP contribution in [-0.4, -0.2) is 16.1 Å². The molecule has 0 amide bonds. The first-order valence-electron chi connectivity index (χ1n) is 6.21. The number of nitrogens with zero attached hydrogens (tertiary/aromatic N) is 1. The van der Waals surface area contributed by atoms with Crippen molar-refractivity contribution < 1.29 is 13.9 Å². The third-order valence-corrected chi connectivity index (χ3v) is 2.80. The van der Waals surface area contributed by atoms with Gasteiger partial charge in [0.25, 0.3) is 0 Å². The van der Waals surface area contributed by atoms with Gasteiger partial charge in [0.2, 0.25) is 5.91 Å². The van der Waals surface area contributed by atoms with Gasteiger partial charge < -0.3 is 4.74 Å². The minimum Gasteiger partial charge on any atom is -0.485 e. The quantitative estimate of drug-likeness (QED) is 0.780. The molecule has 0 N–H and O–H groups in total. The fourth-order valence-electron chi connectivity index (χ4n) is 2.19. The van der Waals surface area contributed by atoms with E-state index in [-0.39, 0.29) is 11.7 Å². The van der Waals surface area contributed by atoms with Crippen LogP contribution in [0.5, 0.6) is 5.75 Å². The Morgan fingerprint density at radius 1 is 1.32 bits per heavy atom. The fourth-order valence-corrected chi connectivity index (χ4v) is 2.19. The monoisotopic (exact) mass is 263 g/mol. The van der Waals surface area contributed by atoms with Gasteiger partial charge in [0, 0.05) is 18.0 Å². The van der Waals surface area contributed by atoms with Crippen LogP contribution < -0.4 is 4.74 Å². The van der Waals surface area contributed by atoms with Gasteiger partial charge >= 0.3 is 0 Å². The van der Waals surface area contributed by atoms with Crippen molar-refractivity contribution in [2.75, 3.05) is 0 Å². The average Bonchev–Trinajstić information content (AvgIpc) is 2.58. The number of carbonyl (C=O) groups excluding carboxylic acids is 1. The number of aromatic nitrogens is 1. The molecule has 0 unspecified atom stereocenters. The summed E-state index contributed by atoms with van der Waals surface area (Å²) in [6, 6.07) is 4.96. The zero-order valence-electron chi connectivity index (χ0n) is 11.9. The number of fused-ring (bicyclic) bond motifs is 1. The van der Waals surface area contributed by atoms with Crippen molar-refractivity contribution in [2.24, 2.45) is 0 Å². The number of rotatable bonds is 1. The van der Waals surface area contributed by atoms with E-state index in [1.807, 2.05) is 20.8 Å². The molecule has 3 nitrogen and oxygen atoms in total. The molecule has 1 aromatic carbocycles. The van der Waals surface area contributed by atoms with Crippen LogP contribution in [0.15, 0.2) is 18.2 Å². The summed E-state index contributed by atoms with van der Waals surface area (Å²) in [4.78, 5) is 11.6. The van der Waals surface area contributed by atoms with Crippen LogP contribution in [0.1, 0.15) is 38.2 Å². The van der Waals surface area contributed by atoms with Crippen molar-refractivity contribution in [3.05, 3.63) is 29.7 Å². The van der Waals surface area contributed by atoms with Gasteiger partial charge in [0.15, 0.2) is 11.6 Å². The maximum absolute atomic E-state index is 14.4. The molecule has 0 atom stereocenters. The molecule has 0 bridgehead atoms. The van der Waals surface area contributed by atoms with Crippen LogP contribution in [0.3, 0.4) is 0 Å². The topological polar surface area (TPSA) is 31.2 Å². The van der Waals surface area contributed by atoms with E-state index in [1.54, 1.807) is 25.1 Å². The Kier molecular flexibility index (Phi) is 3.12. The molecule has 0 spiro atoms. The first-order chi connectivity index (χ1) is 8.70. The molecule has 1 heterocycles. The third kappa shape index (κ3) is 2.48. The number of carbonyl (C=O) groups is 1. The Labute approximate surface area is 112 Å². The third-order valence-electron chi connectivity index (χ3n) is 2.80. The number of ether oxygens (including phenoxy) is 1. The molecular formula is C15H18FNO2. The van der Waals surface area contributed by atoms with Crippen molar-refractivity contribution >= 4 is 16.8 Å². The van der Waals surface area contributed by atoms with Crippen LogP contribution in [0.4, 0.5) is 4.39 Å². The zero-order chi connectivity index (χ0) is 14.4. The van der Waals surface area contributed by atoms with Crippen molar-refractivity contribution in [2.45, 2.75) is 40.2 Å². The Morgan fingerprint density at radius 3 is 2.47 bits per heavy atom. The summed E-state index contributed by atoms with van der Waals surface area (Å²) in [5.41, 5.74) is 0.824. The number of aryl methyl sites for hydroxylation is 1. The summed E-state index contributed by atoms with van der Waals surface area (Å²) in [6.07, 6.45) is 0. The van der Waals surface area contributed by atoms with Gasteiger partial charge in [-0.3, -0.25) is 9.36 Å². The summed E-state index contributed by atoms with van der Waals surface area (Å²) in [5, 5.41) is 0.412. The van der Waals surface area contributed by atoms with Crippen molar-refractivity contribution in [1.82, 2.24) is 4.57 Å². The maximum Gasteiger partial charge on any atom is 0.228 e. The molecule has 102 valence electrons. The summed E-state index contributed by atoms with van der Waals surface area (Å²) >= 11 is 0. The van der Waals surface area contributed by atoms with Crippen molar-refractivity contribution in [1.29, 1.82) is 0 Å². The lowest BCUT2D eigenvalue weighted by Crippen LogP contribution is -2.23. The minimum absolute atomic E-state index is 0.128. The first-order valence-corrected chi connectivity index (χ1v) is 6.21. The number of benzene rings is 1. The van der Waals surface area contributed by atoms with Gasteiger partial charge in [0.05, 0.1) is 5.52 Å². The summed E-state index contributed by atoms with van der Waals surface area (Å²) < 4.78 is 21.5. The van der Waals surface area contributed by atoms with E-state index < -0.39 is 11.4 Å². The summed E-state index contributed by atoms with van der Waals surface area (Å²) in [5.74, 6) is -0.340. The molecule has 1 aromatic heterocycles. The summed E-state index contributed by atoms with van der Waals surface area (Å²) in [6.45, 7) is 8.84. The largest absolute Gasteiger partial charge is 0.485 e. The molecule has 2 rings (SSSR count). The molecule has 19 heavy (non-hydrogen) atoms. The Balaban J connectivity index is 2.64. The SMILES string of the molecule is CC(=O)n1c(C)cc2c(F)c(OC(C)(C)C)ccc21. The Morgan fingerprint density at radius 2 is 1.95 bits per heavy atom. The molecule has 0 aliphatic heterocycles. The molecular weight excluding hydrogens is 245 g/mol. The molecule has 0 saturated heterocycles. The second-order valence-corrected chi connectivity index (χ2v) is 5.67. The lowest BCUT2D eigenvalue weighted by atomic mass is 10.1. The minimum atomic E-state index is -0.466. The highest BCUT2D eigenvalue weighted by atomic mass is 19.1. The van der Waals surface area contributed by atoms with Gasteiger partial charge in [-0.05, 0) is 45.9 Å². The van der Waals surface area contributed by atoms with Gasteiger partial charge in [-0.15, -0.1) is 0 Å². The van der Waals surface area contributed by atoms with Crippen molar-refractivity contribution in [3.8, 4) is 5.75 Å². The van der Waals surface area contributed by atoms with Gasteiger partial charge in [-0.25, -0.2) is 4.39 Å². The molecule has 0 radical (unpaired) electrons. The maximum atomic E-state index is 14.4.